The van der Waals surface area contributed by atoms with Crippen molar-refractivity contribution in [1.29, 1.82) is 0 Å². The third kappa shape index (κ3) is 4.44. The predicted octanol–water partition coefficient (Wildman–Crippen LogP) is 3.44. The first-order valence-corrected chi connectivity index (χ1v) is 6.89. The van der Waals surface area contributed by atoms with Crippen molar-refractivity contribution in [3.8, 4) is 0 Å². The van der Waals surface area contributed by atoms with Crippen LogP contribution in [0.1, 0.15) is 22.3 Å². The van der Waals surface area contributed by atoms with Crippen LogP contribution in [0.4, 0.5) is 0 Å². The molecule has 2 rings (SSSR count). The minimum atomic E-state index is 0.120. The Labute approximate surface area is 124 Å². The average Bonchev–Trinajstić information content (AvgIpc) is 2.46. The molecule has 0 saturated heterocycles. The van der Waals surface area contributed by atoms with Crippen molar-refractivity contribution in [2.24, 2.45) is 0 Å². The van der Waals surface area contributed by atoms with Gasteiger partial charge in [-0.2, -0.15) is 0 Å². The van der Waals surface area contributed by atoms with E-state index in [1.165, 1.54) is 5.56 Å². The molecule has 4 heteroatoms. The largest absolute Gasteiger partial charge is 0.302 e. The van der Waals surface area contributed by atoms with Gasteiger partial charge in [-0.25, -0.2) is 0 Å². The standard InChI is InChI=1S/C16H17ClN2O/c1-19(12-13-5-8-18-9-6-13)10-7-16(20)14-3-2-4-15(17)11-14/h2-6,8-9,11H,7,10,12H2,1H3. The molecule has 1 heterocycles. The van der Waals surface area contributed by atoms with Crippen molar-refractivity contribution in [1.82, 2.24) is 9.88 Å². The zero-order chi connectivity index (χ0) is 14.4. The summed E-state index contributed by atoms with van der Waals surface area (Å²) < 4.78 is 0. The Hall–Kier alpha value is -1.71. The lowest BCUT2D eigenvalue weighted by Crippen LogP contribution is -2.21. The summed E-state index contributed by atoms with van der Waals surface area (Å²) in [5.74, 6) is 0.120. The summed E-state index contributed by atoms with van der Waals surface area (Å²) in [5, 5.41) is 0.598. The number of Topliss-reactive ketones (excluding diaryl/α,β-unsaturated/α-hetero) is 1. The Bertz CT molecular complexity index is 572. The Balaban J connectivity index is 1.84. The van der Waals surface area contributed by atoms with Crippen LogP contribution in [0.25, 0.3) is 0 Å². The van der Waals surface area contributed by atoms with E-state index in [1.54, 1.807) is 36.7 Å². The Morgan fingerprint density at radius 2 is 2.00 bits per heavy atom. The maximum Gasteiger partial charge on any atom is 0.164 e. The van der Waals surface area contributed by atoms with Gasteiger partial charge in [0.2, 0.25) is 0 Å². The minimum absolute atomic E-state index is 0.120. The van der Waals surface area contributed by atoms with Gasteiger partial charge < -0.3 is 4.90 Å². The van der Waals surface area contributed by atoms with Crippen LogP contribution in [0.15, 0.2) is 48.8 Å². The summed E-state index contributed by atoms with van der Waals surface area (Å²) in [5.41, 5.74) is 1.87. The maximum absolute atomic E-state index is 12.1. The molecule has 0 atom stereocenters. The fraction of sp³-hybridized carbons (Fsp3) is 0.250. The highest BCUT2D eigenvalue weighted by molar-refractivity contribution is 6.31. The molecular weight excluding hydrogens is 272 g/mol. The fourth-order valence-electron chi connectivity index (χ4n) is 1.98. The number of benzene rings is 1. The van der Waals surface area contributed by atoms with E-state index in [4.69, 9.17) is 11.6 Å². The van der Waals surface area contributed by atoms with Gasteiger partial charge in [0.1, 0.15) is 0 Å². The van der Waals surface area contributed by atoms with Gasteiger partial charge in [-0.05, 0) is 36.9 Å². The normalized spacial score (nSPS) is 10.8. The predicted molar refractivity (Wildman–Crippen MR) is 81.0 cm³/mol. The number of rotatable bonds is 6. The number of pyridine rings is 1. The third-order valence-electron chi connectivity index (χ3n) is 3.07. The summed E-state index contributed by atoms with van der Waals surface area (Å²) in [4.78, 5) is 18.2. The Morgan fingerprint density at radius 1 is 1.25 bits per heavy atom. The summed E-state index contributed by atoms with van der Waals surface area (Å²) in [7, 11) is 2.01. The topological polar surface area (TPSA) is 33.2 Å². The molecule has 0 N–H and O–H groups in total. The molecule has 1 aromatic carbocycles. The second kappa shape index (κ2) is 7.17. The van der Waals surface area contributed by atoms with E-state index >= 15 is 0 Å². The summed E-state index contributed by atoms with van der Waals surface area (Å²) in [6, 6.07) is 11.1. The molecule has 0 fully saturated rings. The maximum atomic E-state index is 12.1. The van der Waals surface area contributed by atoms with Crippen molar-refractivity contribution < 1.29 is 4.79 Å². The van der Waals surface area contributed by atoms with Gasteiger partial charge in [0, 0.05) is 42.5 Å². The molecule has 0 radical (unpaired) electrons. The Kier molecular flexibility index (Phi) is 5.27. The van der Waals surface area contributed by atoms with Crippen molar-refractivity contribution >= 4 is 17.4 Å². The first-order valence-electron chi connectivity index (χ1n) is 6.51. The molecule has 0 aliphatic heterocycles. The van der Waals surface area contributed by atoms with Gasteiger partial charge in [-0.1, -0.05) is 23.7 Å². The van der Waals surface area contributed by atoms with E-state index in [2.05, 4.69) is 9.88 Å². The lowest BCUT2D eigenvalue weighted by Gasteiger charge is -2.16. The number of carbonyl (C=O) groups excluding carboxylic acids is 1. The molecule has 0 saturated carbocycles. The van der Waals surface area contributed by atoms with Crippen LogP contribution in [-0.4, -0.2) is 29.3 Å². The monoisotopic (exact) mass is 288 g/mol. The SMILES string of the molecule is CN(CCC(=O)c1cccc(Cl)c1)Cc1ccncc1. The smallest absolute Gasteiger partial charge is 0.164 e. The first kappa shape index (κ1) is 14.7. The number of nitrogens with zero attached hydrogens (tertiary/aromatic N) is 2. The van der Waals surface area contributed by atoms with Crippen LogP contribution >= 0.6 is 11.6 Å². The van der Waals surface area contributed by atoms with E-state index in [9.17, 15) is 4.79 Å². The van der Waals surface area contributed by atoms with Crippen LogP contribution in [0.3, 0.4) is 0 Å². The van der Waals surface area contributed by atoms with Crippen LogP contribution < -0.4 is 0 Å². The van der Waals surface area contributed by atoms with E-state index in [-0.39, 0.29) is 5.78 Å². The number of hydrogen-bond donors (Lipinski definition) is 0. The van der Waals surface area contributed by atoms with Crippen LogP contribution in [0.5, 0.6) is 0 Å². The lowest BCUT2D eigenvalue weighted by molar-refractivity contribution is 0.0968. The van der Waals surface area contributed by atoms with Crippen LogP contribution in [-0.2, 0) is 6.54 Å². The van der Waals surface area contributed by atoms with Gasteiger partial charge in [0.25, 0.3) is 0 Å². The second-order valence-corrected chi connectivity index (χ2v) is 5.21. The molecular formula is C16H17ClN2O. The van der Waals surface area contributed by atoms with Crippen LogP contribution in [0, 0.1) is 0 Å². The number of aromatic nitrogens is 1. The molecule has 0 spiro atoms. The van der Waals surface area contributed by atoms with Crippen LogP contribution in [0.2, 0.25) is 5.02 Å². The molecule has 3 nitrogen and oxygen atoms in total. The van der Waals surface area contributed by atoms with E-state index in [0.717, 1.165) is 6.54 Å². The third-order valence-corrected chi connectivity index (χ3v) is 3.30. The number of halogens is 1. The van der Waals surface area contributed by atoms with Gasteiger partial charge in [-0.3, -0.25) is 9.78 Å². The molecule has 2 aromatic rings. The van der Waals surface area contributed by atoms with E-state index in [1.807, 2.05) is 19.2 Å². The van der Waals surface area contributed by atoms with E-state index < -0.39 is 0 Å². The molecule has 20 heavy (non-hydrogen) atoms. The lowest BCUT2D eigenvalue weighted by atomic mass is 10.1. The van der Waals surface area contributed by atoms with Crippen molar-refractivity contribution in [3.05, 3.63) is 64.9 Å². The number of carbonyl (C=O) groups is 1. The minimum Gasteiger partial charge on any atom is -0.302 e. The molecule has 104 valence electrons. The zero-order valence-electron chi connectivity index (χ0n) is 11.4. The molecule has 0 aliphatic rings. The first-order chi connectivity index (χ1) is 9.65. The van der Waals surface area contributed by atoms with Crippen molar-refractivity contribution in [3.63, 3.8) is 0 Å². The second-order valence-electron chi connectivity index (χ2n) is 4.78. The Morgan fingerprint density at radius 3 is 2.70 bits per heavy atom. The quantitative estimate of drug-likeness (QED) is 0.764. The molecule has 1 aromatic heterocycles. The summed E-state index contributed by atoms with van der Waals surface area (Å²) >= 11 is 5.89. The molecule has 0 unspecified atom stereocenters. The van der Waals surface area contributed by atoms with Gasteiger partial charge in [0.15, 0.2) is 5.78 Å². The van der Waals surface area contributed by atoms with Crippen molar-refractivity contribution in [2.75, 3.05) is 13.6 Å². The van der Waals surface area contributed by atoms with Crippen molar-refractivity contribution in [2.45, 2.75) is 13.0 Å². The van der Waals surface area contributed by atoms with Gasteiger partial charge in [0.05, 0.1) is 0 Å². The molecule has 0 aliphatic carbocycles. The summed E-state index contributed by atoms with van der Waals surface area (Å²) in [6.45, 7) is 1.53. The summed E-state index contributed by atoms with van der Waals surface area (Å²) in [6.07, 6.45) is 4.04. The van der Waals surface area contributed by atoms with Gasteiger partial charge >= 0.3 is 0 Å². The number of ketones is 1. The van der Waals surface area contributed by atoms with Gasteiger partial charge in [-0.15, -0.1) is 0 Å². The zero-order valence-corrected chi connectivity index (χ0v) is 12.2. The highest BCUT2D eigenvalue weighted by atomic mass is 35.5. The average molecular weight is 289 g/mol. The number of hydrogen-bond acceptors (Lipinski definition) is 3. The highest BCUT2D eigenvalue weighted by Gasteiger charge is 2.08. The van der Waals surface area contributed by atoms with E-state index in [0.29, 0.717) is 23.6 Å². The highest BCUT2D eigenvalue weighted by Crippen LogP contribution is 2.12. The fourth-order valence-corrected chi connectivity index (χ4v) is 2.17. The molecule has 0 amide bonds. The molecule has 0 bridgehead atoms.